The van der Waals surface area contributed by atoms with Crippen molar-refractivity contribution in [2.45, 2.75) is 45.6 Å². The predicted molar refractivity (Wildman–Crippen MR) is 104 cm³/mol. The largest absolute Gasteiger partial charge is 0.379 e. The number of carbonyl (C=O) groups excluding carboxylic acids is 2. The highest BCUT2D eigenvalue weighted by Crippen LogP contribution is 2.24. The van der Waals surface area contributed by atoms with Crippen molar-refractivity contribution in [2.24, 2.45) is 11.3 Å². The van der Waals surface area contributed by atoms with Crippen molar-refractivity contribution in [1.29, 1.82) is 0 Å². The molecule has 0 aromatic heterocycles. The van der Waals surface area contributed by atoms with Crippen LogP contribution in [0.3, 0.4) is 0 Å². The second-order valence-electron chi connectivity index (χ2n) is 9.18. The second-order valence-corrected chi connectivity index (χ2v) is 9.18. The molecule has 1 unspecified atom stereocenters. The average Bonchev–Trinajstić information content (AvgIpc) is 3.07. The summed E-state index contributed by atoms with van der Waals surface area (Å²) >= 11 is 0. The molecule has 0 radical (unpaired) electrons. The molecule has 2 amide bonds. The number of nitrogens with one attached hydrogen (secondary N) is 2. The molecule has 0 bridgehead atoms. The lowest BCUT2D eigenvalue weighted by atomic mass is 9.89. The number of morpholine rings is 1. The molecular weight excluding hydrogens is 344 g/mol. The fraction of sp³-hybridized carbons (Fsp3) is 0.900. The maximum Gasteiger partial charge on any atom is 0.242 e. The minimum Gasteiger partial charge on any atom is -0.379 e. The third kappa shape index (κ3) is 6.43. The maximum absolute atomic E-state index is 12.1. The standard InChI is InChI=1S/C20H36N4O3/c1-20(2,15-24-9-11-27-12-10-24)14-23-7-5-16(6-8-23)13-21-19(26)17-3-4-18(25)22-17/h16-17H,3-15H2,1-2H3,(H,21,26)(H,22,25). The van der Waals surface area contributed by atoms with Crippen LogP contribution in [0.1, 0.15) is 39.5 Å². The Hall–Kier alpha value is -1.18. The summed E-state index contributed by atoms with van der Waals surface area (Å²) in [7, 11) is 0. The van der Waals surface area contributed by atoms with Gasteiger partial charge in [0.05, 0.1) is 13.2 Å². The molecule has 7 nitrogen and oxygen atoms in total. The van der Waals surface area contributed by atoms with E-state index in [1.807, 2.05) is 0 Å². The smallest absolute Gasteiger partial charge is 0.242 e. The molecule has 3 heterocycles. The minimum atomic E-state index is -0.321. The van der Waals surface area contributed by atoms with Crippen molar-refractivity contribution >= 4 is 11.8 Å². The average molecular weight is 381 g/mol. The third-order valence-electron chi connectivity index (χ3n) is 5.99. The van der Waals surface area contributed by atoms with Gasteiger partial charge < -0.3 is 20.3 Å². The molecule has 3 rings (SSSR count). The number of ether oxygens (including phenoxy) is 1. The summed E-state index contributed by atoms with van der Waals surface area (Å²) in [6.45, 7) is 13.7. The number of rotatable bonds is 7. The zero-order valence-electron chi connectivity index (χ0n) is 17.0. The van der Waals surface area contributed by atoms with Gasteiger partial charge in [0.1, 0.15) is 6.04 Å². The molecule has 3 aliphatic rings. The topological polar surface area (TPSA) is 73.9 Å². The molecule has 0 aromatic rings. The first-order valence-electron chi connectivity index (χ1n) is 10.5. The Bertz CT molecular complexity index is 511. The summed E-state index contributed by atoms with van der Waals surface area (Å²) in [6, 6.07) is -0.321. The number of piperidine rings is 1. The van der Waals surface area contributed by atoms with Gasteiger partial charge in [0.25, 0.3) is 0 Å². The Morgan fingerprint density at radius 1 is 1.11 bits per heavy atom. The van der Waals surface area contributed by atoms with E-state index in [0.29, 0.717) is 18.8 Å². The van der Waals surface area contributed by atoms with Crippen molar-refractivity contribution in [2.75, 3.05) is 59.0 Å². The van der Waals surface area contributed by atoms with Gasteiger partial charge in [-0.05, 0) is 43.7 Å². The van der Waals surface area contributed by atoms with Gasteiger partial charge in [0.15, 0.2) is 0 Å². The van der Waals surface area contributed by atoms with E-state index >= 15 is 0 Å². The summed E-state index contributed by atoms with van der Waals surface area (Å²) in [5.74, 6) is 0.516. The lowest BCUT2D eigenvalue weighted by Gasteiger charge is -2.40. The molecule has 3 saturated heterocycles. The Balaban J connectivity index is 1.33. The van der Waals surface area contributed by atoms with E-state index in [-0.39, 0.29) is 23.3 Å². The van der Waals surface area contributed by atoms with E-state index in [0.717, 1.165) is 71.9 Å². The van der Waals surface area contributed by atoms with Crippen LogP contribution >= 0.6 is 0 Å². The van der Waals surface area contributed by atoms with Gasteiger partial charge in [0.2, 0.25) is 11.8 Å². The van der Waals surface area contributed by atoms with Crippen LogP contribution in [0.5, 0.6) is 0 Å². The summed E-state index contributed by atoms with van der Waals surface area (Å²) in [4.78, 5) is 28.5. The van der Waals surface area contributed by atoms with E-state index in [1.165, 1.54) is 0 Å². The van der Waals surface area contributed by atoms with E-state index in [1.54, 1.807) is 0 Å². The highest BCUT2D eigenvalue weighted by Gasteiger charge is 2.30. The Kier molecular flexibility index (Phi) is 7.11. The molecule has 3 fully saturated rings. The molecule has 0 aromatic carbocycles. The van der Waals surface area contributed by atoms with Crippen LogP contribution in [0.2, 0.25) is 0 Å². The molecule has 0 aliphatic carbocycles. The van der Waals surface area contributed by atoms with Crippen LogP contribution in [0.4, 0.5) is 0 Å². The highest BCUT2D eigenvalue weighted by molar-refractivity contribution is 5.90. The van der Waals surface area contributed by atoms with Crippen LogP contribution in [-0.2, 0) is 14.3 Å². The van der Waals surface area contributed by atoms with Crippen molar-refractivity contribution in [1.82, 2.24) is 20.4 Å². The summed E-state index contributed by atoms with van der Waals surface area (Å²) in [5.41, 5.74) is 0.277. The lowest BCUT2D eigenvalue weighted by molar-refractivity contribution is -0.125. The zero-order valence-corrected chi connectivity index (χ0v) is 17.0. The van der Waals surface area contributed by atoms with Gasteiger partial charge in [-0.1, -0.05) is 13.8 Å². The van der Waals surface area contributed by atoms with Gasteiger partial charge >= 0.3 is 0 Å². The van der Waals surface area contributed by atoms with E-state index in [4.69, 9.17) is 4.74 Å². The third-order valence-corrected chi connectivity index (χ3v) is 5.99. The Morgan fingerprint density at radius 2 is 1.74 bits per heavy atom. The molecule has 0 saturated carbocycles. The van der Waals surface area contributed by atoms with Crippen LogP contribution < -0.4 is 10.6 Å². The Morgan fingerprint density at radius 3 is 2.33 bits per heavy atom. The van der Waals surface area contributed by atoms with Crippen LogP contribution in [0.15, 0.2) is 0 Å². The van der Waals surface area contributed by atoms with Crippen molar-refractivity contribution in [3.8, 4) is 0 Å². The monoisotopic (exact) mass is 380 g/mol. The van der Waals surface area contributed by atoms with Crippen LogP contribution in [0, 0.1) is 11.3 Å². The lowest BCUT2D eigenvalue weighted by Crippen LogP contribution is -2.48. The molecule has 1 atom stereocenters. The van der Waals surface area contributed by atoms with Crippen molar-refractivity contribution < 1.29 is 14.3 Å². The molecule has 7 heteroatoms. The molecule has 3 aliphatic heterocycles. The number of amides is 2. The van der Waals surface area contributed by atoms with Gasteiger partial charge in [-0.15, -0.1) is 0 Å². The first-order chi connectivity index (χ1) is 12.9. The minimum absolute atomic E-state index is 0.0110. The van der Waals surface area contributed by atoms with Gasteiger partial charge in [-0.25, -0.2) is 0 Å². The fourth-order valence-electron chi connectivity index (χ4n) is 4.55. The van der Waals surface area contributed by atoms with Crippen molar-refractivity contribution in [3.05, 3.63) is 0 Å². The normalized spacial score (nSPS) is 26.1. The molecule has 27 heavy (non-hydrogen) atoms. The molecule has 0 spiro atoms. The van der Waals surface area contributed by atoms with E-state index in [2.05, 4.69) is 34.3 Å². The van der Waals surface area contributed by atoms with Crippen LogP contribution in [0.25, 0.3) is 0 Å². The SMILES string of the molecule is CC(C)(CN1CCOCC1)CN1CCC(CNC(=O)C2CCC(=O)N2)CC1. The first-order valence-corrected chi connectivity index (χ1v) is 10.5. The van der Waals surface area contributed by atoms with Gasteiger partial charge in [0, 0.05) is 39.1 Å². The van der Waals surface area contributed by atoms with Crippen LogP contribution in [-0.4, -0.2) is 86.7 Å². The second kappa shape index (κ2) is 9.34. The first kappa shape index (κ1) is 20.6. The molecular formula is C20H36N4O3. The number of nitrogens with zero attached hydrogens (tertiary/aromatic N) is 2. The van der Waals surface area contributed by atoms with Gasteiger partial charge in [-0.3, -0.25) is 14.5 Å². The summed E-state index contributed by atoms with van der Waals surface area (Å²) in [6.07, 6.45) is 3.36. The maximum atomic E-state index is 12.1. The molecule has 2 N–H and O–H groups in total. The summed E-state index contributed by atoms with van der Waals surface area (Å²) < 4.78 is 5.45. The zero-order chi connectivity index (χ0) is 19.3. The highest BCUT2D eigenvalue weighted by atomic mass is 16.5. The predicted octanol–water partition coefficient (Wildman–Crippen LogP) is 0.452. The number of carbonyl (C=O) groups is 2. The molecule has 154 valence electrons. The van der Waals surface area contributed by atoms with Crippen molar-refractivity contribution in [3.63, 3.8) is 0 Å². The summed E-state index contributed by atoms with van der Waals surface area (Å²) in [5, 5.41) is 5.78. The van der Waals surface area contributed by atoms with Gasteiger partial charge in [-0.2, -0.15) is 0 Å². The number of hydrogen-bond acceptors (Lipinski definition) is 5. The quantitative estimate of drug-likeness (QED) is 0.671. The Labute approximate surface area is 163 Å². The van der Waals surface area contributed by atoms with E-state index in [9.17, 15) is 9.59 Å². The number of hydrogen-bond donors (Lipinski definition) is 2. The number of likely N-dealkylation sites (tertiary alicyclic amines) is 1. The fourth-order valence-corrected chi connectivity index (χ4v) is 4.55. The van der Waals surface area contributed by atoms with E-state index < -0.39 is 0 Å².